The molecule has 0 bridgehead atoms. The van der Waals surface area contributed by atoms with Crippen LogP contribution in [0.3, 0.4) is 0 Å². The van der Waals surface area contributed by atoms with E-state index in [0.717, 1.165) is 11.3 Å². The summed E-state index contributed by atoms with van der Waals surface area (Å²) >= 11 is 0. The number of nitrogens with zero attached hydrogens (tertiary/aromatic N) is 3. The molecule has 0 N–H and O–H groups in total. The van der Waals surface area contributed by atoms with Gasteiger partial charge in [0.05, 0.1) is 11.3 Å². The highest BCUT2D eigenvalue weighted by Gasteiger charge is 2.17. The van der Waals surface area contributed by atoms with E-state index in [9.17, 15) is 8.78 Å². The van der Waals surface area contributed by atoms with Crippen LogP contribution >= 0.6 is 0 Å². The second-order valence-electron chi connectivity index (χ2n) is 5.32. The zero-order valence-corrected chi connectivity index (χ0v) is 13.2. The predicted molar refractivity (Wildman–Crippen MR) is 82.7 cm³/mol. The van der Waals surface area contributed by atoms with Gasteiger partial charge in [0.1, 0.15) is 12.4 Å². The molecule has 3 aromatic rings. The second-order valence-corrected chi connectivity index (χ2v) is 5.32. The second kappa shape index (κ2) is 6.74. The van der Waals surface area contributed by atoms with Gasteiger partial charge in [-0.3, -0.25) is 4.98 Å². The minimum atomic E-state index is -2.79. The van der Waals surface area contributed by atoms with E-state index in [0.29, 0.717) is 17.9 Å². The maximum absolute atomic E-state index is 12.4. The average molecular weight is 331 g/mol. The van der Waals surface area contributed by atoms with E-state index in [1.807, 2.05) is 32.0 Å². The summed E-state index contributed by atoms with van der Waals surface area (Å²) in [4.78, 5) is 4.22. The van der Waals surface area contributed by atoms with Crippen LogP contribution in [0.1, 0.15) is 29.1 Å². The first-order chi connectivity index (χ1) is 11.5. The van der Waals surface area contributed by atoms with Gasteiger partial charge in [-0.05, 0) is 49.2 Å². The molecule has 0 amide bonds. The Balaban J connectivity index is 1.66. The molecule has 0 aliphatic rings. The molecular weight excluding hydrogens is 316 g/mol. The third kappa shape index (κ3) is 3.56. The minimum absolute atomic E-state index is 0.0134. The summed E-state index contributed by atoms with van der Waals surface area (Å²) in [6.45, 7) is 4.36. The molecule has 2 heterocycles. The number of hydrogen-bond acceptors (Lipinski definition) is 5. The summed E-state index contributed by atoms with van der Waals surface area (Å²) in [6, 6.07) is 9.27. The van der Waals surface area contributed by atoms with Crippen LogP contribution in [0.4, 0.5) is 8.78 Å². The number of hydrogen-bond donors (Lipinski definition) is 0. The van der Waals surface area contributed by atoms with Gasteiger partial charge >= 0.3 is 6.43 Å². The van der Waals surface area contributed by atoms with E-state index in [-0.39, 0.29) is 5.89 Å². The first kappa shape index (κ1) is 16.0. The van der Waals surface area contributed by atoms with Crippen LogP contribution in [0, 0.1) is 13.8 Å². The van der Waals surface area contributed by atoms with Crippen LogP contribution in [-0.4, -0.2) is 15.2 Å². The van der Waals surface area contributed by atoms with Crippen molar-refractivity contribution in [2.75, 3.05) is 0 Å². The smallest absolute Gasteiger partial charge is 0.314 e. The predicted octanol–water partition coefficient (Wildman–Crippen LogP) is 4.27. The van der Waals surface area contributed by atoms with Crippen LogP contribution in [0.5, 0.6) is 5.75 Å². The van der Waals surface area contributed by atoms with Gasteiger partial charge in [-0.2, -0.15) is 8.78 Å². The largest absolute Gasteiger partial charge is 0.487 e. The summed E-state index contributed by atoms with van der Waals surface area (Å²) < 4.78 is 35.5. The van der Waals surface area contributed by atoms with Crippen LogP contribution in [0.15, 0.2) is 40.9 Å². The summed E-state index contributed by atoms with van der Waals surface area (Å²) in [5.41, 5.74) is 3.53. The van der Waals surface area contributed by atoms with Crippen molar-refractivity contribution in [3.63, 3.8) is 0 Å². The highest BCUT2D eigenvalue weighted by molar-refractivity contribution is 5.50. The summed E-state index contributed by atoms with van der Waals surface area (Å²) in [7, 11) is 0. The lowest BCUT2D eigenvalue weighted by Crippen LogP contribution is -1.98. The quantitative estimate of drug-likeness (QED) is 0.699. The van der Waals surface area contributed by atoms with Crippen molar-refractivity contribution in [2.45, 2.75) is 26.9 Å². The third-order valence-electron chi connectivity index (χ3n) is 3.56. The van der Waals surface area contributed by atoms with Gasteiger partial charge < -0.3 is 9.15 Å². The van der Waals surface area contributed by atoms with E-state index < -0.39 is 12.3 Å². The van der Waals surface area contributed by atoms with E-state index in [1.165, 1.54) is 11.8 Å². The molecule has 7 heteroatoms. The Morgan fingerprint density at radius 2 is 1.92 bits per heavy atom. The molecule has 0 atom stereocenters. The van der Waals surface area contributed by atoms with Crippen LogP contribution < -0.4 is 4.74 Å². The van der Waals surface area contributed by atoms with Gasteiger partial charge in [-0.1, -0.05) is 6.07 Å². The Bertz CT molecular complexity index is 832. The van der Waals surface area contributed by atoms with Gasteiger partial charge in [0, 0.05) is 6.20 Å². The molecule has 2 aromatic heterocycles. The molecule has 5 nitrogen and oxygen atoms in total. The number of alkyl halides is 2. The topological polar surface area (TPSA) is 61.0 Å². The lowest BCUT2D eigenvalue weighted by Gasteiger charge is -2.08. The van der Waals surface area contributed by atoms with Crippen LogP contribution in [-0.2, 0) is 6.61 Å². The van der Waals surface area contributed by atoms with Gasteiger partial charge in [0.15, 0.2) is 0 Å². The number of aryl methyl sites for hydroxylation is 2. The number of aromatic nitrogens is 3. The van der Waals surface area contributed by atoms with Crippen molar-refractivity contribution in [3.8, 4) is 17.2 Å². The van der Waals surface area contributed by atoms with Crippen molar-refractivity contribution < 1.29 is 17.9 Å². The lowest BCUT2D eigenvalue weighted by molar-refractivity contribution is 0.116. The highest BCUT2D eigenvalue weighted by atomic mass is 19.3. The standard InChI is InChI=1S/C17H15F2N3O2/c1-10-3-6-14(7-11(10)2)23-9-13-5-4-12(8-20-13)16-21-22-17(24-16)15(18)19/h3-8,15H,9H2,1-2H3. The SMILES string of the molecule is Cc1ccc(OCc2ccc(-c3nnc(C(F)F)o3)cn2)cc1C. The fraction of sp³-hybridized carbons (Fsp3) is 0.235. The molecular formula is C17H15F2N3O2. The molecule has 0 aliphatic carbocycles. The van der Waals surface area contributed by atoms with Crippen molar-refractivity contribution in [1.29, 1.82) is 0 Å². The van der Waals surface area contributed by atoms with E-state index in [2.05, 4.69) is 15.2 Å². The number of ether oxygens (including phenoxy) is 1. The summed E-state index contributed by atoms with van der Waals surface area (Å²) in [6.07, 6.45) is -1.30. The molecule has 24 heavy (non-hydrogen) atoms. The zero-order chi connectivity index (χ0) is 17.1. The molecule has 1 aromatic carbocycles. The molecule has 0 fully saturated rings. The van der Waals surface area contributed by atoms with Crippen molar-refractivity contribution in [2.24, 2.45) is 0 Å². The van der Waals surface area contributed by atoms with Gasteiger partial charge in [-0.15, -0.1) is 10.2 Å². The molecule has 3 rings (SSSR count). The summed E-state index contributed by atoms with van der Waals surface area (Å²) in [5.74, 6) is 0.0778. The number of benzene rings is 1. The molecule has 0 saturated heterocycles. The molecule has 0 saturated carbocycles. The summed E-state index contributed by atoms with van der Waals surface area (Å²) in [5, 5.41) is 6.87. The Morgan fingerprint density at radius 1 is 1.08 bits per heavy atom. The van der Waals surface area contributed by atoms with E-state index >= 15 is 0 Å². The van der Waals surface area contributed by atoms with Gasteiger partial charge in [-0.25, -0.2) is 0 Å². The highest BCUT2D eigenvalue weighted by Crippen LogP contribution is 2.23. The first-order valence-corrected chi connectivity index (χ1v) is 7.30. The third-order valence-corrected chi connectivity index (χ3v) is 3.56. The normalized spacial score (nSPS) is 11.0. The molecule has 0 radical (unpaired) electrons. The maximum Gasteiger partial charge on any atom is 0.314 e. The monoisotopic (exact) mass is 331 g/mol. The Kier molecular flexibility index (Phi) is 4.50. The number of pyridine rings is 1. The fourth-order valence-corrected chi connectivity index (χ4v) is 2.04. The maximum atomic E-state index is 12.4. The van der Waals surface area contributed by atoms with Crippen LogP contribution in [0.2, 0.25) is 0 Å². The van der Waals surface area contributed by atoms with Crippen molar-refractivity contribution >= 4 is 0 Å². The zero-order valence-electron chi connectivity index (χ0n) is 13.2. The van der Waals surface area contributed by atoms with E-state index in [4.69, 9.17) is 9.15 Å². The molecule has 0 unspecified atom stereocenters. The molecule has 124 valence electrons. The number of halogens is 2. The van der Waals surface area contributed by atoms with Crippen molar-refractivity contribution in [3.05, 3.63) is 59.2 Å². The Hall–Kier alpha value is -2.83. The van der Waals surface area contributed by atoms with E-state index in [1.54, 1.807) is 12.1 Å². The minimum Gasteiger partial charge on any atom is -0.487 e. The number of rotatable bonds is 5. The van der Waals surface area contributed by atoms with Gasteiger partial charge in [0.25, 0.3) is 5.89 Å². The molecule has 0 aliphatic heterocycles. The van der Waals surface area contributed by atoms with Gasteiger partial charge in [0.2, 0.25) is 5.89 Å². The average Bonchev–Trinajstić information content (AvgIpc) is 3.07. The van der Waals surface area contributed by atoms with Crippen LogP contribution in [0.25, 0.3) is 11.5 Å². The lowest BCUT2D eigenvalue weighted by atomic mass is 10.1. The first-order valence-electron chi connectivity index (χ1n) is 7.30. The fourth-order valence-electron chi connectivity index (χ4n) is 2.04. The van der Waals surface area contributed by atoms with Crippen molar-refractivity contribution in [1.82, 2.24) is 15.2 Å². The molecule has 0 spiro atoms. The Morgan fingerprint density at radius 3 is 2.54 bits per heavy atom. The Labute approximate surface area is 137 Å².